The monoisotopic (exact) mass is 357 g/mol. The zero-order valence-corrected chi connectivity index (χ0v) is 14.1. The molecular weight excluding hydrogens is 342 g/mol. The SMILES string of the molecule is O=C(Nc1cccnc1)Nc1ccc2c(/C=N/c3ccccn3)[nH]nc2c1. The summed E-state index contributed by atoms with van der Waals surface area (Å²) in [5, 5.41) is 13.6. The van der Waals surface area contributed by atoms with Gasteiger partial charge in [-0.15, -0.1) is 0 Å². The van der Waals surface area contributed by atoms with Crippen molar-refractivity contribution in [1.29, 1.82) is 0 Å². The highest BCUT2D eigenvalue weighted by atomic mass is 16.2. The van der Waals surface area contributed by atoms with Crippen molar-refractivity contribution in [3.05, 3.63) is 72.8 Å². The standard InChI is InChI=1S/C19H15N7O/c27-19(24-14-4-3-8-20-11-14)23-13-6-7-15-16(10-13)25-26-17(15)12-22-18-5-1-2-9-21-18/h1-12H,(H,25,26)(H2,23,24,27)/b22-12+. The molecule has 0 unspecified atom stereocenters. The van der Waals surface area contributed by atoms with Crippen molar-refractivity contribution >= 4 is 40.3 Å². The summed E-state index contributed by atoms with van der Waals surface area (Å²) in [4.78, 5) is 24.5. The summed E-state index contributed by atoms with van der Waals surface area (Å²) in [5.74, 6) is 0.616. The summed E-state index contributed by atoms with van der Waals surface area (Å²) in [5.41, 5.74) is 2.73. The third kappa shape index (κ3) is 3.96. The zero-order chi connectivity index (χ0) is 18.5. The van der Waals surface area contributed by atoms with Gasteiger partial charge in [0.1, 0.15) is 0 Å². The van der Waals surface area contributed by atoms with E-state index in [4.69, 9.17) is 0 Å². The fraction of sp³-hybridized carbons (Fsp3) is 0. The average molecular weight is 357 g/mol. The normalized spacial score (nSPS) is 11.0. The van der Waals surface area contributed by atoms with E-state index in [-0.39, 0.29) is 6.03 Å². The molecule has 132 valence electrons. The van der Waals surface area contributed by atoms with Crippen LogP contribution in [0.5, 0.6) is 0 Å². The molecule has 2 amide bonds. The second-order valence-corrected chi connectivity index (χ2v) is 5.64. The molecule has 8 heteroatoms. The number of aromatic amines is 1. The lowest BCUT2D eigenvalue weighted by Gasteiger charge is -2.07. The maximum Gasteiger partial charge on any atom is 0.323 e. The summed E-state index contributed by atoms with van der Waals surface area (Å²) in [7, 11) is 0. The molecule has 0 aliphatic heterocycles. The molecular formula is C19H15N7O. The molecule has 4 aromatic rings. The second kappa shape index (κ2) is 7.44. The van der Waals surface area contributed by atoms with Gasteiger partial charge in [0.25, 0.3) is 0 Å². The third-order valence-corrected chi connectivity index (χ3v) is 3.74. The largest absolute Gasteiger partial charge is 0.323 e. The molecule has 0 saturated heterocycles. The number of nitrogens with zero attached hydrogens (tertiary/aromatic N) is 4. The first kappa shape index (κ1) is 16.4. The van der Waals surface area contributed by atoms with Gasteiger partial charge in [-0.1, -0.05) is 6.07 Å². The van der Waals surface area contributed by atoms with Crippen molar-refractivity contribution < 1.29 is 4.79 Å². The molecule has 0 aliphatic rings. The van der Waals surface area contributed by atoms with E-state index in [1.165, 1.54) is 0 Å². The van der Waals surface area contributed by atoms with Crippen LogP contribution in [0, 0.1) is 0 Å². The van der Waals surface area contributed by atoms with Crippen LogP contribution >= 0.6 is 0 Å². The van der Waals surface area contributed by atoms with Gasteiger partial charge < -0.3 is 10.6 Å². The number of nitrogens with one attached hydrogen (secondary N) is 3. The number of benzene rings is 1. The maximum absolute atomic E-state index is 12.1. The van der Waals surface area contributed by atoms with E-state index in [9.17, 15) is 4.79 Å². The van der Waals surface area contributed by atoms with E-state index in [1.54, 1.807) is 49.1 Å². The first-order valence-corrected chi connectivity index (χ1v) is 8.19. The fourth-order valence-electron chi connectivity index (χ4n) is 2.50. The average Bonchev–Trinajstić information content (AvgIpc) is 3.10. The van der Waals surface area contributed by atoms with Crippen molar-refractivity contribution in [2.75, 3.05) is 10.6 Å². The van der Waals surface area contributed by atoms with Gasteiger partial charge in [-0.05, 0) is 42.5 Å². The number of fused-ring (bicyclic) bond motifs is 1. The Kier molecular flexibility index (Phi) is 4.52. The van der Waals surface area contributed by atoms with Crippen LogP contribution in [-0.4, -0.2) is 32.4 Å². The molecule has 0 aliphatic carbocycles. The summed E-state index contributed by atoms with van der Waals surface area (Å²) >= 11 is 0. The Labute approximate surface area is 154 Å². The Morgan fingerprint density at radius 2 is 1.96 bits per heavy atom. The Morgan fingerprint density at radius 3 is 2.78 bits per heavy atom. The van der Waals surface area contributed by atoms with Crippen LogP contribution in [0.15, 0.2) is 72.1 Å². The first-order valence-electron chi connectivity index (χ1n) is 8.19. The lowest BCUT2D eigenvalue weighted by molar-refractivity contribution is 0.262. The number of aromatic nitrogens is 4. The second-order valence-electron chi connectivity index (χ2n) is 5.64. The predicted octanol–water partition coefficient (Wildman–Crippen LogP) is 3.75. The Balaban J connectivity index is 1.48. The molecule has 27 heavy (non-hydrogen) atoms. The van der Waals surface area contributed by atoms with Gasteiger partial charge in [0.05, 0.1) is 29.3 Å². The minimum atomic E-state index is -0.352. The maximum atomic E-state index is 12.1. The number of anilines is 2. The van der Waals surface area contributed by atoms with Crippen LogP contribution in [0.1, 0.15) is 5.69 Å². The summed E-state index contributed by atoms with van der Waals surface area (Å²) in [6.07, 6.45) is 6.58. The number of pyridine rings is 2. The first-order chi connectivity index (χ1) is 13.3. The van der Waals surface area contributed by atoms with Crippen LogP contribution < -0.4 is 10.6 Å². The number of hydrogen-bond donors (Lipinski definition) is 3. The Bertz CT molecular complexity index is 1090. The number of amides is 2. The fourth-order valence-corrected chi connectivity index (χ4v) is 2.50. The van der Waals surface area contributed by atoms with Crippen LogP contribution in [-0.2, 0) is 0 Å². The predicted molar refractivity (Wildman–Crippen MR) is 104 cm³/mol. The molecule has 0 fully saturated rings. The minimum absolute atomic E-state index is 0.352. The number of carbonyl (C=O) groups excluding carboxylic acids is 1. The Morgan fingerprint density at radius 1 is 1.04 bits per heavy atom. The van der Waals surface area contributed by atoms with Crippen LogP contribution in [0.4, 0.5) is 22.0 Å². The Hall–Kier alpha value is -4.07. The molecule has 3 N–H and O–H groups in total. The number of H-pyrrole nitrogens is 1. The summed E-state index contributed by atoms with van der Waals surface area (Å²) in [6.45, 7) is 0. The molecule has 3 aromatic heterocycles. The van der Waals surface area contributed by atoms with E-state index >= 15 is 0 Å². The molecule has 0 atom stereocenters. The zero-order valence-electron chi connectivity index (χ0n) is 14.1. The topological polar surface area (TPSA) is 108 Å². The number of carbonyl (C=O) groups is 1. The highest BCUT2D eigenvalue weighted by molar-refractivity contribution is 6.02. The summed E-state index contributed by atoms with van der Waals surface area (Å²) < 4.78 is 0. The van der Waals surface area contributed by atoms with E-state index in [0.717, 1.165) is 16.6 Å². The molecule has 8 nitrogen and oxygen atoms in total. The molecule has 0 spiro atoms. The van der Waals surface area contributed by atoms with Crippen LogP contribution in [0.3, 0.4) is 0 Å². The van der Waals surface area contributed by atoms with E-state index in [0.29, 0.717) is 17.2 Å². The number of urea groups is 1. The number of hydrogen-bond acceptors (Lipinski definition) is 5. The van der Waals surface area contributed by atoms with Gasteiger partial charge in [-0.2, -0.15) is 5.10 Å². The smallest absolute Gasteiger partial charge is 0.308 e. The molecule has 4 rings (SSSR count). The molecule has 0 saturated carbocycles. The molecule has 3 heterocycles. The van der Waals surface area contributed by atoms with E-state index in [2.05, 4.69) is 35.8 Å². The molecule has 0 radical (unpaired) electrons. The van der Waals surface area contributed by atoms with Gasteiger partial charge in [-0.25, -0.2) is 14.8 Å². The minimum Gasteiger partial charge on any atom is -0.308 e. The van der Waals surface area contributed by atoms with Gasteiger partial charge in [0, 0.05) is 23.5 Å². The molecule has 0 bridgehead atoms. The van der Waals surface area contributed by atoms with Gasteiger partial charge >= 0.3 is 6.03 Å². The van der Waals surface area contributed by atoms with Crippen molar-refractivity contribution in [2.24, 2.45) is 4.99 Å². The van der Waals surface area contributed by atoms with E-state index < -0.39 is 0 Å². The third-order valence-electron chi connectivity index (χ3n) is 3.74. The number of aliphatic imine (C=N–C) groups is 1. The van der Waals surface area contributed by atoms with Crippen molar-refractivity contribution in [2.45, 2.75) is 0 Å². The summed E-state index contributed by atoms with van der Waals surface area (Å²) in [6, 6.07) is 14.1. The quantitative estimate of drug-likeness (QED) is 0.483. The highest BCUT2D eigenvalue weighted by Crippen LogP contribution is 2.20. The van der Waals surface area contributed by atoms with Crippen LogP contribution in [0.2, 0.25) is 0 Å². The lowest BCUT2D eigenvalue weighted by atomic mass is 10.2. The van der Waals surface area contributed by atoms with Gasteiger partial charge in [0.2, 0.25) is 0 Å². The van der Waals surface area contributed by atoms with Crippen molar-refractivity contribution in [3.63, 3.8) is 0 Å². The van der Waals surface area contributed by atoms with E-state index in [1.807, 2.05) is 24.3 Å². The van der Waals surface area contributed by atoms with Gasteiger partial charge in [0.15, 0.2) is 5.82 Å². The van der Waals surface area contributed by atoms with Crippen molar-refractivity contribution in [3.8, 4) is 0 Å². The van der Waals surface area contributed by atoms with Gasteiger partial charge in [-0.3, -0.25) is 10.1 Å². The lowest BCUT2D eigenvalue weighted by Crippen LogP contribution is -2.19. The van der Waals surface area contributed by atoms with Crippen LogP contribution in [0.25, 0.3) is 10.9 Å². The van der Waals surface area contributed by atoms with Crippen molar-refractivity contribution in [1.82, 2.24) is 20.2 Å². The molecule has 1 aromatic carbocycles. The highest BCUT2D eigenvalue weighted by Gasteiger charge is 2.07. The number of rotatable bonds is 4.